The van der Waals surface area contributed by atoms with Crippen LogP contribution in [0.3, 0.4) is 0 Å². The van der Waals surface area contributed by atoms with E-state index in [0.29, 0.717) is 10.6 Å². The van der Waals surface area contributed by atoms with E-state index < -0.39 is 17.0 Å². The highest BCUT2D eigenvalue weighted by molar-refractivity contribution is 8.00. The number of halogens is 4. The lowest BCUT2D eigenvalue weighted by molar-refractivity contribution is -0.137. The Labute approximate surface area is 150 Å². The van der Waals surface area contributed by atoms with Gasteiger partial charge in [-0.05, 0) is 43.3 Å². The Morgan fingerprint density at radius 3 is 2.48 bits per heavy atom. The number of benzene rings is 1. The second-order valence-electron chi connectivity index (χ2n) is 5.26. The van der Waals surface area contributed by atoms with Crippen LogP contribution in [0.5, 0.6) is 0 Å². The first-order valence-electron chi connectivity index (χ1n) is 7.14. The summed E-state index contributed by atoms with van der Waals surface area (Å²) in [5.41, 5.74) is -0.0609. The lowest BCUT2D eigenvalue weighted by Gasteiger charge is -2.10. The second-order valence-corrected chi connectivity index (χ2v) is 7.00. The van der Waals surface area contributed by atoms with Crippen molar-refractivity contribution in [1.29, 1.82) is 0 Å². The number of carbonyl (C=O) groups excluding carboxylic acids is 1. The topological polar surface area (TPSA) is 47.3 Å². The van der Waals surface area contributed by atoms with Gasteiger partial charge in [-0.15, -0.1) is 10.2 Å². The standard InChI is InChI=1S/C16H11ClF3N3OS/c1-9(14(24)10-2-5-12(17)6-3-10)25-15-22-21-13-7-4-11(8-23(13)15)16(18,19)20/h2-9H,1H3. The zero-order valence-corrected chi connectivity index (χ0v) is 14.4. The number of rotatable bonds is 4. The summed E-state index contributed by atoms with van der Waals surface area (Å²) in [6.45, 7) is 1.66. The quantitative estimate of drug-likeness (QED) is 0.479. The van der Waals surface area contributed by atoms with E-state index >= 15 is 0 Å². The number of carbonyl (C=O) groups is 1. The Kier molecular flexibility index (Phi) is 4.75. The molecule has 2 aromatic heterocycles. The molecule has 4 nitrogen and oxygen atoms in total. The van der Waals surface area contributed by atoms with Crippen LogP contribution < -0.4 is 0 Å². The van der Waals surface area contributed by atoms with Crippen molar-refractivity contribution in [3.8, 4) is 0 Å². The highest BCUT2D eigenvalue weighted by Gasteiger charge is 2.31. The normalized spacial score (nSPS) is 13.2. The van der Waals surface area contributed by atoms with Gasteiger partial charge in [-0.2, -0.15) is 13.2 Å². The Morgan fingerprint density at radius 2 is 1.84 bits per heavy atom. The average Bonchev–Trinajstić information content (AvgIpc) is 2.96. The van der Waals surface area contributed by atoms with E-state index in [4.69, 9.17) is 11.6 Å². The fraction of sp³-hybridized carbons (Fsp3) is 0.188. The van der Waals surface area contributed by atoms with Gasteiger partial charge in [-0.3, -0.25) is 9.20 Å². The smallest absolute Gasteiger partial charge is 0.293 e. The van der Waals surface area contributed by atoms with Crippen molar-refractivity contribution < 1.29 is 18.0 Å². The van der Waals surface area contributed by atoms with Crippen LogP contribution in [0.25, 0.3) is 5.65 Å². The van der Waals surface area contributed by atoms with Gasteiger partial charge < -0.3 is 0 Å². The van der Waals surface area contributed by atoms with Gasteiger partial charge in [0.15, 0.2) is 16.6 Å². The molecule has 2 heterocycles. The molecule has 3 rings (SSSR count). The largest absolute Gasteiger partial charge is 0.417 e. The van der Waals surface area contributed by atoms with Crippen LogP contribution in [0, 0.1) is 0 Å². The predicted octanol–water partition coefficient (Wildman–Crippen LogP) is 4.77. The lowest BCUT2D eigenvalue weighted by atomic mass is 10.1. The van der Waals surface area contributed by atoms with Gasteiger partial charge in [0.2, 0.25) is 0 Å². The van der Waals surface area contributed by atoms with Crippen LogP contribution in [0.2, 0.25) is 5.02 Å². The van der Waals surface area contributed by atoms with Gasteiger partial charge in [-0.1, -0.05) is 23.4 Å². The molecular formula is C16H11ClF3N3OS. The van der Waals surface area contributed by atoms with Gasteiger partial charge in [-0.25, -0.2) is 0 Å². The van der Waals surface area contributed by atoms with E-state index in [0.717, 1.165) is 24.0 Å². The number of aromatic nitrogens is 3. The third kappa shape index (κ3) is 3.80. The van der Waals surface area contributed by atoms with Crippen LogP contribution in [-0.4, -0.2) is 25.6 Å². The molecule has 0 N–H and O–H groups in total. The summed E-state index contributed by atoms with van der Waals surface area (Å²) in [5.74, 6) is -0.176. The molecule has 0 aliphatic heterocycles. The number of ketones is 1. The number of pyridine rings is 1. The molecule has 130 valence electrons. The molecule has 0 spiro atoms. The Balaban J connectivity index is 1.86. The predicted molar refractivity (Wildman–Crippen MR) is 89.1 cm³/mol. The summed E-state index contributed by atoms with van der Waals surface area (Å²) < 4.78 is 39.9. The second kappa shape index (κ2) is 6.68. The molecule has 0 amide bonds. The maximum absolute atomic E-state index is 12.9. The Hall–Kier alpha value is -2.06. The summed E-state index contributed by atoms with van der Waals surface area (Å²) >= 11 is 6.84. The molecule has 0 aliphatic rings. The van der Waals surface area contributed by atoms with E-state index in [1.807, 2.05) is 0 Å². The number of hydrogen-bond acceptors (Lipinski definition) is 4. The summed E-state index contributed by atoms with van der Waals surface area (Å²) in [6, 6.07) is 8.60. The first kappa shape index (κ1) is 17.8. The molecule has 0 radical (unpaired) electrons. The van der Waals surface area contributed by atoms with Gasteiger partial charge in [0, 0.05) is 16.8 Å². The van der Waals surface area contributed by atoms with E-state index in [9.17, 15) is 18.0 Å². The van der Waals surface area contributed by atoms with Crippen molar-refractivity contribution >= 4 is 34.8 Å². The zero-order chi connectivity index (χ0) is 18.2. The molecule has 1 atom stereocenters. The molecule has 0 aliphatic carbocycles. The molecule has 0 saturated heterocycles. The fourth-order valence-corrected chi connectivity index (χ4v) is 3.21. The van der Waals surface area contributed by atoms with Crippen LogP contribution in [0.1, 0.15) is 22.8 Å². The molecule has 0 fully saturated rings. The monoisotopic (exact) mass is 385 g/mol. The van der Waals surface area contributed by atoms with Crippen molar-refractivity contribution in [1.82, 2.24) is 14.6 Å². The molecule has 0 bridgehead atoms. The Bertz CT molecular complexity index is 925. The number of alkyl halides is 3. The van der Waals surface area contributed by atoms with Crippen LogP contribution in [-0.2, 0) is 6.18 Å². The molecule has 25 heavy (non-hydrogen) atoms. The fourth-order valence-electron chi connectivity index (χ4n) is 2.18. The summed E-state index contributed by atoms with van der Waals surface area (Å²) in [6.07, 6.45) is -3.54. The highest BCUT2D eigenvalue weighted by Crippen LogP contribution is 2.31. The first-order chi connectivity index (χ1) is 11.8. The molecule has 3 aromatic rings. The number of fused-ring (bicyclic) bond motifs is 1. The van der Waals surface area contributed by atoms with Crippen molar-refractivity contribution in [2.75, 3.05) is 0 Å². The van der Waals surface area contributed by atoms with Crippen molar-refractivity contribution in [3.05, 3.63) is 58.7 Å². The van der Waals surface area contributed by atoms with Crippen molar-refractivity contribution in [2.24, 2.45) is 0 Å². The van der Waals surface area contributed by atoms with Gasteiger partial charge in [0.1, 0.15) is 0 Å². The maximum Gasteiger partial charge on any atom is 0.417 e. The third-order valence-electron chi connectivity index (χ3n) is 3.48. The lowest BCUT2D eigenvalue weighted by Crippen LogP contribution is -2.14. The number of nitrogens with zero attached hydrogens (tertiary/aromatic N) is 3. The van der Waals surface area contributed by atoms with Gasteiger partial charge >= 0.3 is 6.18 Å². The van der Waals surface area contributed by atoms with Gasteiger partial charge in [0.05, 0.1) is 10.8 Å². The average molecular weight is 386 g/mol. The number of thioether (sulfide) groups is 1. The number of hydrogen-bond donors (Lipinski definition) is 0. The maximum atomic E-state index is 12.9. The first-order valence-corrected chi connectivity index (χ1v) is 8.40. The molecule has 1 unspecified atom stereocenters. The van der Waals surface area contributed by atoms with E-state index in [1.165, 1.54) is 10.5 Å². The van der Waals surface area contributed by atoms with Crippen molar-refractivity contribution in [2.45, 2.75) is 23.5 Å². The summed E-state index contributed by atoms with van der Waals surface area (Å²) in [7, 11) is 0. The third-order valence-corrected chi connectivity index (χ3v) is 4.79. The molecule has 0 saturated carbocycles. The highest BCUT2D eigenvalue weighted by atomic mass is 35.5. The molecular weight excluding hydrogens is 375 g/mol. The van der Waals surface area contributed by atoms with Crippen LogP contribution in [0.15, 0.2) is 47.8 Å². The number of Topliss-reactive ketones (excluding diaryl/α,β-unsaturated/α-hetero) is 1. The minimum absolute atomic E-state index is 0.176. The molecule has 9 heteroatoms. The minimum atomic E-state index is -4.47. The molecule has 1 aromatic carbocycles. The SMILES string of the molecule is CC(Sc1nnc2ccc(C(F)(F)F)cn12)C(=O)c1ccc(Cl)cc1. The van der Waals surface area contributed by atoms with Gasteiger partial charge in [0.25, 0.3) is 0 Å². The van der Waals surface area contributed by atoms with E-state index in [-0.39, 0.29) is 16.6 Å². The van der Waals surface area contributed by atoms with Crippen LogP contribution >= 0.6 is 23.4 Å². The zero-order valence-electron chi connectivity index (χ0n) is 12.8. The summed E-state index contributed by atoms with van der Waals surface area (Å²) in [4.78, 5) is 12.4. The summed E-state index contributed by atoms with van der Waals surface area (Å²) in [5, 5.41) is 7.90. The minimum Gasteiger partial charge on any atom is -0.293 e. The Morgan fingerprint density at radius 1 is 1.16 bits per heavy atom. The van der Waals surface area contributed by atoms with E-state index in [1.54, 1.807) is 31.2 Å². The van der Waals surface area contributed by atoms with E-state index in [2.05, 4.69) is 10.2 Å². The van der Waals surface area contributed by atoms with Crippen molar-refractivity contribution in [3.63, 3.8) is 0 Å². The van der Waals surface area contributed by atoms with Crippen LogP contribution in [0.4, 0.5) is 13.2 Å².